The molecule has 0 saturated carbocycles. The van der Waals surface area contributed by atoms with E-state index in [0.29, 0.717) is 40.3 Å². The highest BCUT2D eigenvalue weighted by molar-refractivity contribution is 6.40. The Labute approximate surface area is 144 Å². The summed E-state index contributed by atoms with van der Waals surface area (Å²) in [7, 11) is 0. The van der Waals surface area contributed by atoms with E-state index in [-0.39, 0.29) is 5.91 Å². The summed E-state index contributed by atoms with van der Waals surface area (Å²) in [5.41, 5.74) is 1.91. The van der Waals surface area contributed by atoms with Crippen LogP contribution in [0.5, 0.6) is 0 Å². The second kappa shape index (κ2) is 6.56. The third-order valence-corrected chi connectivity index (χ3v) is 4.07. The predicted octanol–water partition coefficient (Wildman–Crippen LogP) is 3.62. The fraction of sp³-hybridized carbons (Fsp3) is 0.188. The van der Waals surface area contributed by atoms with Gasteiger partial charge in [0.25, 0.3) is 5.91 Å². The molecule has 0 fully saturated rings. The van der Waals surface area contributed by atoms with Crippen molar-refractivity contribution >= 4 is 40.8 Å². The number of rotatable bonds is 2. The van der Waals surface area contributed by atoms with Crippen molar-refractivity contribution in [2.45, 2.75) is 6.92 Å². The van der Waals surface area contributed by atoms with E-state index in [4.69, 9.17) is 23.2 Å². The van der Waals surface area contributed by atoms with Crippen molar-refractivity contribution in [3.63, 3.8) is 0 Å². The van der Waals surface area contributed by atoms with Crippen LogP contribution in [0.15, 0.2) is 41.5 Å². The standard InChI is InChI=1S/C16H14Cl2N4O/c1-10-5-6-11(9-20-10)15(23)22-8-7-19-16(22)21-14-12(17)3-2-4-13(14)18/h2-6,9H,7-8H2,1H3,(H,19,21). The number of hydrogen-bond acceptors (Lipinski definition) is 4. The number of halogens is 2. The molecule has 0 saturated heterocycles. The van der Waals surface area contributed by atoms with Crippen molar-refractivity contribution in [1.82, 2.24) is 9.88 Å². The fourth-order valence-corrected chi connectivity index (χ4v) is 2.72. The minimum absolute atomic E-state index is 0.163. The molecular formula is C16H14Cl2N4O. The number of aryl methyl sites for hydroxylation is 1. The molecule has 3 rings (SSSR count). The van der Waals surface area contributed by atoms with Crippen LogP contribution in [0, 0.1) is 6.92 Å². The Morgan fingerprint density at radius 3 is 2.61 bits per heavy atom. The summed E-state index contributed by atoms with van der Waals surface area (Å²) in [5, 5.41) is 4.00. The molecule has 2 aromatic rings. The van der Waals surface area contributed by atoms with Gasteiger partial charge in [-0.05, 0) is 31.2 Å². The van der Waals surface area contributed by atoms with Crippen LogP contribution in [-0.2, 0) is 0 Å². The van der Waals surface area contributed by atoms with E-state index in [1.807, 2.05) is 6.92 Å². The summed E-state index contributed by atoms with van der Waals surface area (Å²) >= 11 is 12.3. The third kappa shape index (κ3) is 3.30. The van der Waals surface area contributed by atoms with Crippen LogP contribution in [0.1, 0.15) is 16.1 Å². The van der Waals surface area contributed by atoms with Gasteiger partial charge in [0, 0.05) is 18.4 Å². The maximum atomic E-state index is 12.6. The first-order valence-corrected chi connectivity index (χ1v) is 7.82. The Morgan fingerprint density at radius 2 is 1.96 bits per heavy atom. The number of nitrogens with zero attached hydrogens (tertiary/aromatic N) is 3. The number of aromatic nitrogens is 1. The number of pyridine rings is 1. The normalized spacial score (nSPS) is 13.9. The minimum atomic E-state index is -0.163. The van der Waals surface area contributed by atoms with Crippen molar-refractivity contribution in [2.24, 2.45) is 4.99 Å². The Hall–Kier alpha value is -2.11. The molecule has 5 nitrogen and oxygen atoms in total. The first kappa shape index (κ1) is 15.8. The average molecular weight is 349 g/mol. The van der Waals surface area contributed by atoms with Gasteiger partial charge in [-0.3, -0.25) is 19.7 Å². The highest BCUT2D eigenvalue weighted by Gasteiger charge is 2.26. The van der Waals surface area contributed by atoms with Gasteiger partial charge in [0.05, 0.1) is 27.8 Å². The van der Waals surface area contributed by atoms with Crippen LogP contribution < -0.4 is 5.32 Å². The predicted molar refractivity (Wildman–Crippen MR) is 92.4 cm³/mol. The molecule has 1 aliphatic heterocycles. The van der Waals surface area contributed by atoms with Crippen molar-refractivity contribution in [1.29, 1.82) is 0 Å². The molecule has 0 aliphatic carbocycles. The molecule has 0 spiro atoms. The molecule has 23 heavy (non-hydrogen) atoms. The Morgan fingerprint density at radius 1 is 1.22 bits per heavy atom. The number of aliphatic imine (C=N–C) groups is 1. The first-order chi connectivity index (χ1) is 11.1. The quantitative estimate of drug-likeness (QED) is 0.901. The zero-order valence-corrected chi connectivity index (χ0v) is 13.9. The molecule has 118 valence electrons. The SMILES string of the molecule is Cc1ccc(C(=O)N2CCN=C2Nc2c(Cl)cccc2Cl)cn1. The van der Waals surface area contributed by atoms with Crippen molar-refractivity contribution < 1.29 is 4.79 Å². The fourth-order valence-electron chi connectivity index (χ4n) is 2.23. The smallest absolute Gasteiger partial charge is 0.262 e. The number of hydrogen-bond donors (Lipinski definition) is 1. The lowest BCUT2D eigenvalue weighted by molar-refractivity contribution is 0.0857. The minimum Gasteiger partial charge on any atom is -0.323 e. The van der Waals surface area contributed by atoms with Gasteiger partial charge in [-0.15, -0.1) is 0 Å². The zero-order chi connectivity index (χ0) is 16.4. The summed E-state index contributed by atoms with van der Waals surface area (Å²) in [6, 6.07) is 8.76. The topological polar surface area (TPSA) is 57.6 Å². The number of amides is 1. The average Bonchev–Trinajstić information content (AvgIpc) is 2.99. The van der Waals surface area contributed by atoms with Crippen molar-refractivity contribution in [2.75, 3.05) is 18.4 Å². The van der Waals surface area contributed by atoms with Gasteiger partial charge in [0.15, 0.2) is 0 Å². The van der Waals surface area contributed by atoms with Crippen LogP contribution in [0.2, 0.25) is 10.0 Å². The van der Waals surface area contributed by atoms with Gasteiger partial charge in [-0.2, -0.15) is 0 Å². The Balaban J connectivity index is 1.83. The number of benzene rings is 1. The number of nitrogens with one attached hydrogen (secondary N) is 1. The van der Waals surface area contributed by atoms with E-state index in [2.05, 4.69) is 15.3 Å². The van der Waals surface area contributed by atoms with Gasteiger partial charge >= 0.3 is 0 Å². The van der Waals surface area contributed by atoms with E-state index < -0.39 is 0 Å². The Kier molecular flexibility index (Phi) is 4.50. The number of carbonyl (C=O) groups excluding carboxylic acids is 1. The summed E-state index contributed by atoms with van der Waals surface area (Å²) in [5.74, 6) is 0.273. The molecule has 1 aromatic heterocycles. The maximum absolute atomic E-state index is 12.6. The molecule has 7 heteroatoms. The van der Waals surface area contributed by atoms with Crippen LogP contribution in [0.4, 0.5) is 5.69 Å². The monoisotopic (exact) mass is 348 g/mol. The summed E-state index contributed by atoms with van der Waals surface area (Å²) < 4.78 is 0. The Bertz CT molecular complexity index is 754. The molecule has 0 unspecified atom stereocenters. The lowest BCUT2D eigenvalue weighted by Gasteiger charge is -2.20. The van der Waals surface area contributed by atoms with Crippen molar-refractivity contribution in [3.8, 4) is 0 Å². The van der Waals surface area contributed by atoms with Crippen LogP contribution in [0.3, 0.4) is 0 Å². The maximum Gasteiger partial charge on any atom is 0.262 e. The molecule has 1 aromatic carbocycles. The molecule has 2 heterocycles. The first-order valence-electron chi connectivity index (χ1n) is 7.06. The summed E-state index contributed by atoms with van der Waals surface area (Å²) in [4.78, 5) is 22.7. The molecule has 0 atom stereocenters. The van der Waals surface area contributed by atoms with Crippen molar-refractivity contribution in [3.05, 3.63) is 57.8 Å². The second-order valence-electron chi connectivity index (χ2n) is 5.07. The van der Waals surface area contributed by atoms with Crippen LogP contribution >= 0.6 is 23.2 Å². The van der Waals surface area contributed by atoms with Gasteiger partial charge in [-0.1, -0.05) is 29.3 Å². The molecule has 1 N–H and O–H groups in total. The number of anilines is 1. The molecule has 0 bridgehead atoms. The van der Waals surface area contributed by atoms with Crippen LogP contribution in [-0.4, -0.2) is 34.8 Å². The van der Waals surface area contributed by atoms with Gasteiger partial charge in [0.1, 0.15) is 0 Å². The highest BCUT2D eigenvalue weighted by Crippen LogP contribution is 2.30. The molecule has 1 aliphatic rings. The number of para-hydroxylation sites is 1. The summed E-state index contributed by atoms with van der Waals surface area (Å²) in [6.45, 7) is 2.89. The van der Waals surface area contributed by atoms with E-state index in [1.165, 1.54) is 0 Å². The lowest BCUT2D eigenvalue weighted by atomic mass is 10.2. The van der Waals surface area contributed by atoms with E-state index in [0.717, 1.165) is 5.69 Å². The largest absolute Gasteiger partial charge is 0.323 e. The highest BCUT2D eigenvalue weighted by atomic mass is 35.5. The molecule has 0 radical (unpaired) electrons. The van der Waals surface area contributed by atoms with E-state index in [9.17, 15) is 4.79 Å². The third-order valence-electron chi connectivity index (χ3n) is 3.44. The van der Waals surface area contributed by atoms with E-state index in [1.54, 1.807) is 41.4 Å². The summed E-state index contributed by atoms with van der Waals surface area (Å²) in [6.07, 6.45) is 1.57. The second-order valence-corrected chi connectivity index (χ2v) is 5.89. The molecular weight excluding hydrogens is 335 g/mol. The lowest BCUT2D eigenvalue weighted by Crippen LogP contribution is -2.38. The molecule has 1 amide bonds. The number of guanidine groups is 1. The van der Waals surface area contributed by atoms with Crippen LogP contribution in [0.25, 0.3) is 0 Å². The zero-order valence-electron chi connectivity index (χ0n) is 12.4. The number of carbonyl (C=O) groups is 1. The van der Waals surface area contributed by atoms with Gasteiger partial charge < -0.3 is 5.32 Å². The van der Waals surface area contributed by atoms with Gasteiger partial charge in [0.2, 0.25) is 5.96 Å². The van der Waals surface area contributed by atoms with E-state index >= 15 is 0 Å². The van der Waals surface area contributed by atoms with Gasteiger partial charge in [-0.25, -0.2) is 0 Å².